The van der Waals surface area contributed by atoms with E-state index in [1.54, 1.807) is 6.07 Å². The summed E-state index contributed by atoms with van der Waals surface area (Å²) in [4.78, 5) is 0. The molecule has 0 saturated carbocycles. The van der Waals surface area contributed by atoms with Crippen LogP contribution in [0.5, 0.6) is 5.75 Å². The van der Waals surface area contributed by atoms with Gasteiger partial charge < -0.3 is 10.4 Å². The Morgan fingerprint density at radius 2 is 2.38 bits per heavy atom. The van der Waals surface area contributed by atoms with Gasteiger partial charge in [0.15, 0.2) is 0 Å². The number of aromatic hydroxyl groups is 1. The van der Waals surface area contributed by atoms with E-state index in [0.29, 0.717) is 11.8 Å². The van der Waals surface area contributed by atoms with Crippen LogP contribution in [0.25, 0.3) is 0 Å². The maximum absolute atomic E-state index is 9.31. The van der Waals surface area contributed by atoms with Crippen molar-refractivity contribution >= 4 is 11.8 Å². The van der Waals surface area contributed by atoms with Gasteiger partial charge >= 0.3 is 0 Å². The number of rotatable bonds is 1. The average Bonchev–Trinajstić information content (AvgIpc) is 2.19. The Bertz CT molecular complexity index is 284. The SMILES string of the molecule is Oc1cccc(C2CSCCN2)c1. The number of benzene rings is 1. The predicted octanol–water partition coefficient (Wildman–Crippen LogP) is 1.77. The lowest BCUT2D eigenvalue weighted by atomic mass is 10.1. The van der Waals surface area contributed by atoms with E-state index in [-0.39, 0.29) is 0 Å². The molecule has 0 aliphatic carbocycles. The van der Waals surface area contributed by atoms with E-state index in [9.17, 15) is 5.11 Å². The van der Waals surface area contributed by atoms with Gasteiger partial charge in [0, 0.05) is 24.1 Å². The molecule has 2 rings (SSSR count). The van der Waals surface area contributed by atoms with Gasteiger partial charge in [-0.05, 0) is 17.7 Å². The normalized spacial score (nSPS) is 22.9. The average molecular weight is 195 g/mol. The van der Waals surface area contributed by atoms with Gasteiger partial charge in [-0.1, -0.05) is 12.1 Å². The third kappa shape index (κ3) is 2.17. The molecule has 3 heteroatoms. The lowest BCUT2D eigenvalue weighted by Crippen LogP contribution is -2.30. The number of phenolic OH excluding ortho intramolecular Hbond substituents is 1. The minimum absolute atomic E-state index is 0.356. The first-order chi connectivity index (χ1) is 6.36. The van der Waals surface area contributed by atoms with Crippen LogP contribution in [0.4, 0.5) is 0 Å². The number of hydrogen-bond acceptors (Lipinski definition) is 3. The summed E-state index contributed by atoms with van der Waals surface area (Å²) >= 11 is 1.96. The first-order valence-corrected chi connectivity index (χ1v) is 5.62. The maximum Gasteiger partial charge on any atom is 0.115 e. The van der Waals surface area contributed by atoms with Crippen molar-refractivity contribution in [2.75, 3.05) is 18.1 Å². The number of nitrogens with one attached hydrogen (secondary N) is 1. The van der Waals surface area contributed by atoms with Crippen molar-refractivity contribution in [2.45, 2.75) is 6.04 Å². The summed E-state index contributed by atoms with van der Waals surface area (Å²) < 4.78 is 0. The fraction of sp³-hybridized carbons (Fsp3) is 0.400. The van der Waals surface area contributed by atoms with Crippen LogP contribution in [0.3, 0.4) is 0 Å². The van der Waals surface area contributed by atoms with Crippen molar-refractivity contribution in [3.05, 3.63) is 29.8 Å². The predicted molar refractivity (Wildman–Crippen MR) is 56.2 cm³/mol. The Morgan fingerprint density at radius 1 is 1.46 bits per heavy atom. The summed E-state index contributed by atoms with van der Waals surface area (Å²) in [6.45, 7) is 1.06. The minimum Gasteiger partial charge on any atom is -0.508 e. The molecule has 0 amide bonds. The van der Waals surface area contributed by atoms with Crippen LogP contribution in [0.2, 0.25) is 0 Å². The van der Waals surface area contributed by atoms with Crippen LogP contribution in [0.15, 0.2) is 24.3 Å². The molecule has 0 bridgehead atoms. The summed E-state index contributed by atoms with van der Waals surface area (Å²) in [6.07, 6.45) is 0. The lowest BCUT2D eigenvalue weighted by Gasteiger charge is -2.23. The number of hydrogen-bond donors (Lipinski definition) is 2. The zero-order valence-electron chi connectivity index (χ0n) is 7.36. The molecule has 70 valence electrons. The second kappa shape index (κ2) is 4.03. The van der Waals surface area contributed by atoms with Crippen molar-refractivity contribution in [3.63, 3.8) is 0 Å². The van der Waals surface area contributed by atoms with Crippen molar-refractivity contribution in [1.82, 2.24) is 5.32 Å². The Kier molecular flexibility index (Phi) is 2.76. The number of thioether (sulfide) groups is 1. The van der Waals surface area contributed by atoms with E-state index in [4.69, 9.17) is 0 Å². The van der Waals surface area contributed by atoms with Crippen molar-refractivity contribution in [1.29, 1.82) is 0 Å². The Hall–Kier alpha value is -0.670. The summed E-state index contributed by atoms with van der Waals surface area (Å²) in [5, 5.41) is 12.7. The summed E-state index contributed by atoms with van der Waals surface area (Å²) in [5.74, 6) is 2.65. The molecule has 1 atom stereocenters. The number of phenols is 1. The van der Waals surface area contributed by atoms with E-state index in [1.165, 1.54) is 11.3 Å². The van der Waals surface area contributed by atoms with E-state index < -0.39 is 0 Å². The molecule has 2 nitrogen and oxygen atoms in total. The Morgan fingerprint density at radius 3 is 3.08 bits per heavy atom. The molecule has 1 unspecified atom stereocenters. The first-order valence-electron chi connectivity index (χ1n) is 4.46. The van der Waals surface area contributed by atoms with Crippen LogP contribution in [-0.2, 0) is 0 Å². The molecular weight excluding hydrogens is 182 g/mol. The first kappa shape index (κ1) is 8.91. The van der Waals surface area contributed by atoms with Gasteiger partial charge in [0.2, 0.25) is 0 Å². The molecule has 13 heavy (non-hydrogen) atoms. The van der Waals surface area contributed by atoms with Gasteiger partial charge in [0.25, 0.3) is 0 Å². The van der Waals surface area contributed by atoms with Crippen LogP contribution in [0.1, 0.15) is 11.6 Å². The highest BCUT2D eigenvalue weighted by Crippen LogP contribution is 2.23. The highest BCUT2D eigenvalue weighted by Gasteiger charge is 2.14. The summed E-state index contributed by atoms with van der Waals surface area (Å²) in [7, 11) is 0. The molecule has 2 N–H and O–H groups in total. The quantitative estimate of drug-likeness (QED) is 0.716. The highest BCUT2D eigenvalue weighted by atomic mass is 32.2. The molecule has 1 saturated heterocycles. The van der Waals surface area contributed by atoms with E-state index >= 15 is 0 Å². The topological polar surface area (TPSA) is 32.3 Å². The third-order valence-corrected chi connectivity index (χ3v) is 3.26. The monoisotopic (exact) mass is 195 g/mol. The molecule has 1 heterocycles. The van der Waals surface area contributed by atoms with Gasteiger partial charge in [-0.15, -0.1) is 0 Å². The largest absolute Gasteiger partial charge is 0.508 e. The smallest absolute Gasteiger partial charge is 0.115 e. The zero-order valence-corrected chi connectivity index (χ0v) is 8.18. The molecule has 1 aliphatic rings. The van der Waals surface area contributed by atoms with Gasteiger partial charge in [-0.3, -0.25) is 0 Å². The van der Waals surface area contributed by atoms with Crippen LogP contribution in [-0.4, -0.2) is 23.2 Å². The van der Waals surface area contributed by atoms with Crippen LogP contribution >= 0.6 is 11.8 Å². The van der Waals surface area contributed by atoms with Gasteiger partial charge in [-0.25, -0.2) is 0 Å². The van der Waals surface area contributed by atoms with E-state index in [0.717, 1.165) is 12.3 Å². The standard InChI is InChI=1S/C10H13NOS/c12-9-3-1-2-8(6-9)10-7-13-5-4-11-10/h1-3,6,10-12H,4-5,7H2. The minimum atomic E-state index is 0.356. The molecule has 1 fully saturated rings. The molecule has 0 spiro atoms. The maximum atomic E-state index is 9.31. The third-order valence-electron chi connectivity index (χ3n) is 2.19. The Labute approximate surface area is 82.4 Å². The van der Waals surface area contributed by atoms with Gasteiger partial charge in [-0.2, -0.15) is 11.8 Å². The molecule has 1 aromatic carbocycles. The molecule has 0 aromatic heterocycles. The lowest BCUT2D eigenvalue weighted by molar-refractivity contribution is 0.472. The zero-order chi connectivity index (χ0) is 9.10. The molecular formula is C10H13NOS. The Balaban J connectivity index is 2.14. The summed E-state index contributed by atoms with van der Waals surface area (Å²) in [5.41, 5.74) is 1.19. The fourth-order valence-corrected chi connectivity index (χ4v) is 2.50. The second-order valence-corrected chi connectivity index (χ2v) is 4.33. The van der Waals surface area contributed by atoms with Crippen LogP contribution < -0.4 is 5.32 Å². The van der Waals surface area contributed by atoms with Crippen molar-refractivity contribution < 1.29 is 5.11 Å². The van der Waals surface area contributed by atoms with Crippen molar-refractivity contribution in [2.24, 2.45) is 0 Å². The van der Waals surface area contributed by atoms with Crippen molar-refractivity contribution in [3.8, 4) is 5.75 Å². The van der Waals surface area contributed by atoms with E-state index in [1.807, 2.05) is 23.9 Å². The molecule has 1 aliphatic heterocycles. The molecule has 0 radical (unpaired) electrons. The highest BCUT2D eigenvalue weighted by molar-refractivity contribution is 7.99. The van der Waals surface area contributed by atoms with Gasteiger partial charge in [0.05, 0.1) is 0 Å². The van der Waals surface area contributed by atoms with Crippen LogP contribution in [0, 0.1) is 0 Å². The van der Waals surface area contributed by atoms with Gasteiger partial charge in [0.1, 0.15) is 5.75 Å². The fourth-order valence-electron chi connectivity index (χ4n) is 1.52. The summed E-state index contributed by atoms with van der Waals surface area (Å²) in [6, 6.07) is 7.91. The molecule has 1 aromatic rings. The van der Waals surface area contributed by atoms with E-state index in [2.05, 4.69) is 11.4 Å². The second-order valence-electron chi connectivity index (χ2n) is 3.18.